The van der Waals surface area contributed by atoms with Gasteiger partial charge in [0.05, 0.1) is 25.5 Å². The highest BCUT2D eigenvalue weighted by molar-refractivity contribution is 5.13. The van der Waals surface area contributed by atoms with E-state index in [-0.39, 0.29) is 0 Å². The van der Waals surface area contributed by atoms with Crippen molar-refractivity contribution >= 4 is 0 Å². The van der Waals surface area contributed by atoms with Gasteiger partial charge in [-0.05, 0) is 25.5 Å². The molecule has 0 radical (unpaired) electrons. The van der Waals surface area contributed by atoms with E-state index in [1.165, 1.54) is 11.3 Å². The number of aromatic nitrogens is 2. The van der Waals surface area contributed by atoms with Gasteiger partial charge < -0.3 is 4.74 Å². The van der Waals surface area contributed by atoms with Crippen molar-refractivity contribution in [3.8, 4) is 0 Å². The zero-order valence-electron chi connectivity index (χ0n) is 10.4. The van der Waals surface area contributed by atoms with E-state index in [1.807, 2.05) is 29.8 Å². The van der Waals surface area contributed by atoms with Crippen LogP contribution in [0.15, 0.2) is 36.4 Å². The molecule has 2 aromatic rings. The van der Waals surface area contributed by atoms with E-state index in [0.29, 0.717) is 13.2 Å². The normalized spacial score (nSPS) is 10.7. The lowest BCUT2D eigenvalue weighted by Crippen LogP contribution is -2.09. The minimum Gasteiger partial charge on any atom is -0.375 e. The van der Waals surface area contributed by atoms with Crippen LogP contribution >= 0.6 is 0 Å². The van der Waals surface area contributed by atoms with Gasteiger partial charge in [-0.2, -0.15) is 5.10 Å². The SMILES string of the molecule is Cc1cc(C)n(CCOCc2ccccc2)n1. The van der Waals surface area contributed by atoms with Crippen LogP contribution in [0, 0.1) is 13.8 Å². The summed E-state index contributed by atoms with van der Waals surface area (Å²) >= 11 is 0. The topological polar surface area (TPSA) is 27.1 Å². The molecule has 0 bridgehead atoms. The molecule has 0 spiro atoms. The van der Waals surface area contributed by atoms with Crippen molar-refractivity contribution in [1.29, 1.82) is 0 Å². The summed E-state index contributed by atoms with van der Waals surface area (Å²) < 4.78 is 7.61. The van der Waals surface area contributed by atoms with Gasteiger partial charge >= 0.3 is 0 Å². The first-order valence-corrected chi connectivity index (χ1v) is 5.88. The van der Waals surface area contributed by atoms with Gasteiger partial charge in [0, 0.05) is 5.69 Å². The van der Waals surface area contributed by atoms with Gasteiger partial charge in [-0.15, -0.1) is 0 Å². The maximum Gasteiger partial charge on any atom is 0.0717 e. The molecular formula is C14H18N2O. The molecule has 1 aromatic carbocycles. The summed E-state index contributed by atoms with van der Waals surface area (Å²) in [4.78, 5) is 0. The third-order valence-electron chi connectivity index (χ3n) is 2.66. The average Bonchev–Trinajstić information content (AvgIpc) is 2.65. The van der Waals surface area contributed by atoms with Crippen molar-refractivity contribution in [1.82, 2.24) is 9.78 Å². The Labute approximate surface area is 102 Å². The fourth-order valence-electron chi connectivity index (χ4n) is 1.82. The average molecular weight is 230 g/mol. The van der Waals surface area contributed by atoms with Crippen LogP contribution in [-0.4, -0.2) is 16.4 Å². The molecule has 0 saturated carbocycles. The summed E-state index contributed by atoms with van der Waals surface area (Å²) in [6.07, 6.45) is 0. The first-order chi connectivity index (χ1) is 8.25. The van der Waals surface area contributed by atoms with E-state index in [4.69, 9.17) is 4.74 Å². The highest BCUT2D eigenvalue weighted by Crippen LogP contribution is 2.03. The molecule has 0 aliphatic carbocycles. The Kier molecular flexibility index (Phi) is 3.94. The molecule has 3 heteroatoms. The molecule has 0 saturated heterocycles. The molecule has 2 rings (SSSR count). The number of rotatable bonds is 5. The van der Waals surface area contributed by atoms with Crippen LogP contribution in [0.1, 0.15) is 17.0 Å². The maximum atomic E-state index is 5.63. The van der Waals surface area contributed by atoms with Gasteiger partial charge in [-0.1, -0.05) is 30.3 Å². The first kappa shape index (κ1) is 11.9. The van der Waals surface area contributed by atoms with E-state index in [9.17, 15) is 0 Å². The standard InChI is InChI=1S/C14H18N2O/c1-12-10-13(2)16(15-12)8-9-17-11-14-6-4-3-5-7-14/h3-7,10H,8-9,11H2,1-2H3. The van der Waals surface area contributed by atoms with Crippen LogP contribution in [0.25, 0.3) is 0 Å². The predicted octanol–water partition coefficient (Wildman–Crippen LogP) is 2.72. The molecule has 1 aromatic heterocycles. The van der Waals surface area contributed by atoms with Gasteiger partial charge in [-0.25, -0.2) is 0 Å². The number of benzene rings is 1. The van der Waals surface area contributed by atoms with Crippen LogP contribution in [-0.2, 0) is 17.9 Å². The van der Waals surface area contributed by atoms with Gasteiger partial charge in [0.15, 0.2) is 0 Å². The minimum atomic E-state index is 0.667. The van der Waals surface area contributed by atoms with Crippen molar-refractivity contribution in [2.45, 2.75) is 27.0 Å². The van der Waals surface area contributed by atoms with E-state index >= 15 is 0 Å². The van der Waals surface area contributed by atoms with Crippen LogP contribution < -0.4 is 0 Å². The molecule has 17 heavy (non-hydrogen) atoms. The Morgan fingerprint density at radius 3 is 2.59 bits per heavy atom. The van der Waals surface area contributed by atoms with Crippen molar-refractivity contribution < 1.29 is 4.74 Å². The fourth-order valence-corrected chi connectivity index (χ4v) is 1.82. The number of hydrogen-bond acceptors (Lipinski definition) is 2. The number of nitrogens with zero attached hydrogens (tertiary/aromatic N) is 2. The summed E-state index contributed by atoms with van der Waals surface area (Å²) in [6, 6.07) is 12.3. The smallest absolute Gasteiger partial charge is 0.0717 e. The van der Waals surface area contributed by atoms with Gasteiger partial charge in [0.1, 0.15) is 0 Å². The highest BCUT2D eigenvalue weighted by Gasteiger charge is 2.00. The molecular weight excluding hydrogens is 212 g/mol. The van der Waals surface area contributed by atoms with Gasteiger partial charge in [-0.3, -0.25) is 4.68 Å². The molecule has 0 unspecified atom stereocenters. The molecule has 0 aliphatic heterocycles. The number of hydrogen-bond donors (Lipinski definition) is 0. The second-order valence-corrected chi connectivity index (χ2v) is 4.19. The van der Waals surface area contributed by atoms with E-state index < -0.39 is 0 Å². The molecule has 0 atom stereocenters. The largest absolute Gasteiger partial charge is 0.375 e. The lowest BCUT2D eigenvalue weighted by molar-refractivity contribution is 0.110. The zero-order valence-corrected chi connectivity index (χ0v) is 10.4. The quantitative estimate of drug-likeness (QED) is 0.738. The summed E-state index contributed by atoms with van der Waals surface area (Å²) in [7, 11) is 0. The van der Waals surface area contributed by atoms with Crippen molar-refractivity contribution in [3.63, 3.8) is 0 Å². The van der Waals surface area contributed by atoms with E-state index in [0.717, 1.165) is 12.2 Å². The molecule has 90 valence electrons. The number of ether oxygens (including phenoxy) is 1. The minimum absolute atomic E-state index is 0.667. The molecule has 3 nitrogen and oxygen atoms in total. The number of aryl methyl sites for hydroxylation is 2. The Morgan fingerprint density at radius 2 is 1.94 bits per heavy atom. The summed E-state index contributed by atoms with van der Waals surface area (Å²) in [5.74, 6) is 0. The lowest BCUT2D eigenvalue weighted by Gasteiger charge is -2.06. The second kappa shape index (κ2) is 5.64. The highest BCUT2D eigenvalue weighted by atomic mass is 16.5. The molecule has 0 aliphatic rings. The zero-order chi connectivity index (χ0) is 12.1. The lowest BCUT2D eigenvalue weighted by atomic mass is 10.2. The Bertz CT molecular complexity index is 462. The predicted molar refractivity (Wildman–Crippen MR) is 67.8 cm³/mol. The monoisotopic (exact) mass is 230 g/mol. The van der Waals surface area contributed by atoms with Crippen molar-refractivity contribution in [3.05, 3.63) is 53.3 Å². The second-order valence-electron chi connectivity index (χ2n) is 4.19. The fraction of sp³-hybridized carbons (Fsp3) is 0.357. The van der Waals surface area contributed by atoms with Crippen molar-refractivity contribution in [2.75, 3.05) is 6.61 Å². The van der Waals surface area contributed by atoms with Crippen LogP contribution in [0.5, 0.6) is 0 Å². The summed E-state index contributed by atoms with van der Waals surface area (Å²) in [5.41, 5.74) is 3.46. The van der Waals surface area contributed by atoms with Crippen LogP contribution in [0.4, 0.5) is 0 Å². The van der Waals surface area contributed by atoms with Crippen LogP contribution in [0.3, 0.4) is 0 Å². The van der Waals surface area contributed by atoms with E-state index in [2.05, 4.69) is 30.2 Å². The third-order valence-corrected chi connectivity index (χ3v) is 2.66. The third kappa shape index (κ3) is 3.43. The maximum absolute atomic E-state index is 5.63. The molecule has 0 amide bonds. The molecule has 0 N–H and O–H groups in total. The summed E-state index contributed by atoms with van der Waals surface area (Å²) in [5, 5.41) is 4.39. The van der Waals surface area contributed by atoms with Gasteiger partial charge in [0.25, 0.3) is 0 Å². The van der Waals surface area contributed by atoms with E-state index in [1.54, 1.807) is 0 Å². The summed E-state index contributed by atoms with van der Waals surface area (Å²) in [6.45, 7) is 6.25. The Balaban J connectivity index is 1.75. The van der Waals surface area contributed by atoms with Crippen molar-refractivity contribution in [2.24, 2.45) is 0 Å². The molecule has 1 heterocycles. The van der Waals surface area contributed by atoms with Crippen LogP contribution in [0.2, 0.25) is 0 Å². The molecule has 0 fully saturated rings. The Morgan fingerprint density at radius 1 is 1.18 bits per heavy atom. The first-order valence-electron chi connectivity index (χ1n) is 5.88. The van der Waals surface area contributed by atoms with Gasteiger partial charge in [0.2, 0.25) is 0 Å². The Hall–Kier alpha value is -1.61.